The van der Waals surface area contributed by atoms with Gasteiger partial charge >= 0.3 is 12.2 Å². The molecule has 0 aliphatic carbocycles. The number of hydrogen-bond donors (Lipinski definition) is 1. The predicted molar refractivity (Wildman–Crippen MR) is 116 cm³/mol. The zero-order valence-corrected chi connectivity index (χ0v) is 19.2. The Kier molecular flexibility index (Phi) is 7.09. The van der Waals surface area contributed by atoms with E-state index in [1.165, 1.54) is 33.8 Å². The van der Waals surface area contributed by atoms with Crippen molar-refractivity contribution < 1.29 is 33.0 Å². The number of cyclic esters (lactones) is 1. The molecule has 2 saturated heterocycles. The maximum atomic E-state index is 14.8. The minimum atomic E-state index is -0.759. The van der Waals surface area contributed by atoms with E-state index in [-0.39, 0.29) is 56.4 Å². The number of hydrogen-bond acceptors (Lipinski definition) is 6. The van der Waals surface area contributed by atoms with Gasteiger partial charge in [0.2, 0.25) is 5.91 Å². The van der Waals surface area contributed by atoms with Crippen molar-refractivity contribution in [2.45, 2.75) is 39.4 Å². The second-order valence-corrected chi connectivity index (χ2v) is 8.98. The first-order valence-corrected chi connectivity index (χ1v) is 10.7. The summed E-state index contributed by atoms with van der Waals surface area (Å²) in [5.41, 5.74) is -0.471. The molecule has 0 unspecified atom stereocenters. The smallest absolute Gasteiger partial charge is 0.414 e. The molecule has 2 aliphatic rings. The third kappa shape index (κ3) is 6.11. The fourth-order valence-corrected chi connectivity index (χ4v) is 3.53. The Hall–Kier alpha value is -3.37. The van der Waals surface area contributed by atoms with Crippen LogP contribution in [0.25, 0.3) is 0 Å². The van der Waals surface area contributed by atoms with Crippen LogP contribution in [0.3, 0.4) is 0 Å². The summed E-state index contributed by atoms with van der Waals surface area (Å²) in [7, 11) is 0. The number of nitrogens with zero attached hydrogens (tertiary/aromatic N) is 3. The molecule has 0 spiro atoms. The lowest BCUT2D eigenvalue weighted by Crippen LogP contribution is -2.51. The molecule has 3 rings (SSSR count). The SMILES string of the molecule is CC(=O)NC[C@H]1CN(c2ccc(C(=O)N3CCN(C(=O)OC(C)(C)C)CC3)c(F)c2)C(=O)O1. The molecule has 2 heterocycles. The van der Waals surface area contributed by atoms with Gasteiger partial charge in [-0.2, -0.15) is 0 Å². The molecule has 1 aromatic rings. The van der Waals surface area contributed by atoms with Crippen molar-refractivity contribution in [3.05, 3.63) is 29.6 Å². The molecule has 180 valence electrons. The lowest BCUT2D eigenvalue weighted by atomic mass is 10.1. The van der Waals surface area contributed by atoms with Gasteiger partial charge in [-0.05, 0) is 39.0 Å². The van der Waals surface area contributed by atoms with Gasteiger partial charge in [0.1, 0.15) is 17.5 Å². The predicted octanol–water partition coefficient (Wildman–Crippen LogP) is 1.98. The third-order valence-corrected chi connectivity index (χ3v) is 5.17. The van der Waals surface area contributed by atoms with Crippen LogP contribution < -0.4 is 10.2 Å². The molecule has 33 heavy (non-hydrogen) atoms. The minimum Gasteiger partial charge on any atom is -0.444 e. The number of amides is 4. The van der Waals surface area contributed by atoms with Crippen LogP contribution in [-0.2, 0) is 14.3 Å². The van der Waals surface area contributed by atoms with Gasteiger partial charge in [-0.15, -0.1) is 0 Å². The van der Waals surface area contributed by atoms with Crippen molar-refractivity contribution in [2.24, 2.45) is 0 Å². The maximum Gasteiger partial charge on any atom is 0.414 e. The Labute approximate surface area is 191 Å². The van der Waals surface area contributed by atoms with Crippen molar-refractivity contribution in [2.75, 3.05) is 44.2 Å². The van der Waals surface area contributed by atoms with Gasteiger partial charge in [-0.1, -0.05) is 0 Å². The molecule has 0 saturated carbocycles. The number of ether oxygens (including phenoxy) is 2. The van der Waals surface area contributed by atoms with Crippen LogP contribution in [0.5, 0.6) is 0 Å². The van der Waals surface area contributed by atoms with Crippen LogP contribution in [0.15, 0.2) is 18.2 Å². The second kappa shape index (κ2) is 9.63. The van der Waals surface area contributed by atoms with E-state index in [4.69, 9.17) is 9.47 Å². The quantitative estimate of drug-likeness (QED) is 0.730. The molecule has 0 bridgehead atoms. The lowest BCUT2D eigenvalue weighted by Gasteiger charge is -2.35. The summed E-state index contributed by atoms with van der Waals surface area (Å²) in [6.07, 6.45) is -1.64. The van der Waals surface area contributed by atoms with Gasteiger partial charge in [0.15, 0.2) is 0 Å². The van der Waals surface area contributed by atoms with Gasteiger partial charge in [0.05, 0.1) is 24.3 Å². The van der Waals surface area contributed by atoms with Gasteiger partial charge in [-0.3, -0.25) is 14.5 Å². The summed E-state index contributed by atoms with van der Waals surface area (Å²) in [5, 5.41) is 2.57. The Bertz CT molecular complexity index is 939. The highest BCUT2D eigenvalue weighted by molar-refractivity contribution is 5.96. The average Bonchev–Trinajstić information content (AvgIpc) is 3.11. The van der Waals surface area contributed by atoms with E-state index in [1.807, 2.05) is 0 Å². The molecule has 0 radical (unpaired) electrons. The highest BCUT2D eigenvalue weighted by atomic mass is 19.1. The summed E-state index contributed by atoms with van der Waals surface area (Å²) in [5.74, 6) is -1.49. The van der Waals surface area contributed by atoms with Crippen molar-refractivity contribution in [3.63, 3.8) is 0 Å². The Morgan fingerprint density at radius 3 is 2.36 bits per heavy atom. The zero-order chi connectivity index (χ0) is 24.3. The van der Waals surface area contributed by atoms with E-state index < -0.39 is 35.6 Å². The van der Waals surface area contributed by atoms with Crippen LogP contribution in [0.1, 0.15) is 38.1 Å². The largest absolute Gasteiger partial charge is 0.444 e. The minimum absolute atomic E-state index is 0.119. The fraction of sp³-hybridized carbons (Fsp3) is 0.545. The van der Waals surface area contributed by atoms with Crippen LogP contribution in [0.2, 0.25) is 0 Å². The molecule has 1 aromatic carbocycles. The number of benzene rings is 1. The summed E-state index contributed by atoms with van der Waals surface area (Å²) >= 11 is 0. The van der Waals surface area contributed by atoms with Crippen molar-refractivity contribution in [1.29, 1.82) is 0 Å². The highest BCUT2D eigenvalue weighted by Crippen LogP contribution is 2.25. The fourth-order valence-electron chi connectivity index (χ4n) is 3.53. The molecule has 10 nitrogen and oxygen atoms in total. The Balaban J connectivity index is 1.60. The van der Waals surface area contributed by atoms with E-state index in [1.54, 1.807) is 20.8 Å². The Morgan fingerprint density at radius 1 is 1.15 bits per heavy atom. The number of rotatable bonds is 4. The van der Waals surface area contributed by atoms with Crippen LogP contribution in [0.4, 0.5) is 19.7 Å². The van der Waals surface area contributed by atoms with E-state index in [9.17, 15) is 23.6 Å². The van der Waals surface area contributed by atoms with E-state index in [0.717, 1.165) is 6.07 Å². The molecule has 2 fully saturated rings. The van der Waals surface area contributed by atoms with E-state index in [0.29, 0.717) is 0 Å². The number of carbonyl (C=O) groups excluding carboxylic acids is 4. The summed E-state index contributed by atoms with van der Waals surface area (Å²) in [6, 6.07) is 3.93. The molecule has 0 aromatic heterocycles. The number of anilines is 1. The molecule has 2 aliphatic heterocycles. The van der Waals surface area contributed by atoms with Crippen LogP contribution in [0, 0.1) is 5.82 Å². The van der Waals surface area contributed by atoms with Crippen LogP contribution >= 0.6 is 0 Å². The van der Waals surface area contributed by atoms with Gasteiger partial charge < -0.3 is 24.6 Å². The lowest BCUT2D eigenvalue weighted by molar-refractivity contribution is -0.119. The second-order valence-electron chi connectivity index (χ2n) is 8.98. The number of nitrogens with one attached hydrogen (secondary N) is 1. The highest BCUT2D eigenvalue weighted by Gasteiger charge is 2.34. The van der Waals surface area contributed by atoms with Crippen molar-refractivity contribution in [3.8, 4) is 0 Å². The first kappa shape index (κ1) is 24.3. The van der Waals surface area contributed by atoms with Crippen molar-refractivity contribution in [1.82, 2.24) is 15.1 Å². The van der Waals surface area contributed by atoms with Gasteiger partial charge in [-0.25, -0.2) is 14.0 Å². The molecule has 4 amide bonds. The maximum absolute atomic E-state index is 14.8. The van der Waals surface area contributed by atoms with E-state index in [2.05, 4.69) is 5.32 Å². The van der Waals surface area contributed by atoms with Gasteiger partial charge in [0, 0.05) is 33.1 Å². The molecule has 11 heteroatoms. The van der Waals surface area contributed by atoms with E-state index >= 15 is 0 Å². The molecule has 1 N–H and O–H groups in total. The number of carbonyl (C=O) groups is 4. The normalized spacial score (nSPS) is 18.8. The first-order chi connectivity index (χ1) is 15.4. The third-order valence-electron chi connectivity index (χ3n) is 5.17. The monoisotopic (exact) mass is 464 g/mol. The molecular weight excluding hydrogens is 435 g/mol. The molecule has 1 atom stereocenters. The van der Waals surface area contributed by atoms with Crippen molar-refractivity contribution >= 4 is 29.7 Å². The number of piperazine rings is 1. The summed E-state index contributed by atoms with van der Waals surface area (Å²) in [4.78, 5) is 52.4. The average molecular weight is 464 g/mol. The Morgan fingerprint density at radius 2 is 1.79 bits per heavy atom. The number of halogens is 1. The van der Waals surface area contributed by atoms with Crippen LogP contribution in [-0.4, -0.2) is 84.8 Å². The summed E-state index contributed by atoms with van der Waals surface area (Å²) in [6.45, 7) is 8.09. The first-order valence-electron chi connectivity index (χ1n) is 10.7. The zero-order valence-electron chi connectivity index (χ0n) is 19.2. The topological polar surface area (TPSA) is 108 Å². The standard InChI is InChI=1S/C22H29FN4O6/c1-14(28)24-12-16-13-27(21(31)32-16)15-5-6-17(18(23)11-15)19(29)25-7-9-26(10-8-25)20(30)33-22(2,3)4/h5-6,11,16H,7-10,12-13H2,1-4H3,(H,24,28)/t16-/m0/s1. The molecular formula is C22H29FN4O6. The summed E-state index contributed by atoms with van der Waals surface area (Å²) < 4.78 is 25.3. The van der Waals surface area contributed by atoms with Gasteiger partial charge in [0.25, 0.3) is 5.91 Å².